The van der Waals surface area contributed by atoms with E-state index in [4.69, 9.17) is 14.2 Å². The maximum absolute atomic E-state index is 12.7. The average Bonchev–Trinajstić information content (AvgIpc) is 2.76. The Labute approximate surface area is 182 Å². The fourth-order valence-electron chi connectivity index (χ4n) is 2.88. The molecule has 0 saturated heterocycles. The Kier molecular flexibility index (Phi) is 7.08. The van der Waals surface area contributed by atoms with Crippen LogP contribution in [-0.4, -0.2) is 17.9 Å². The van der Waals surface area contributed by atoms with Gasteiger partial charge in [-0.15, -0.1) is 0 Å². The molecule has 0 aromatic heterocycles. The lowest BCUT2D eigenvalue weighted by Gasteiger charge is -2.21. The number of rotatable bonds is 8. The van der Waals surface area contributed by atoms with Crippen molar-refractivity contribution < 1.29 is 23.8 Å². The third-order valence-electron chi connectivity index (χ3n) is 4.33. The van der Waals surface area contributed by atoms with Crippen molar-refractivity contribution in [2.45, 2.75) is 39.6 Å². The molecule has 0 aliphatic rings. The third kappa shape index (κ3) is 6.44. The SMILES string of the molecule is CC(C)(C)OC(=O)c1cc(OCc2ccccc2)c(C=O)c(OCc2ccccc2)c1. The number of hydrogen-bond acceptors (Lipinski definition) is 5. The minimum absolute atomic E-state index is 0.248. The standard InChI is InChI=1S/C26H26O5/c1-26(2,3)31-25(28)21-14-23(29-17-19-10-6-4-7-11-19)22(16-27)24(15-21)30-18-20-12-8-5-9-13-20/h4-16H,17-18H2,1-3H3. The molecule has 0 saturated carbocycles. The molecule has 0 amide bonds. The molecule has 160 valence electrons. The van der Waals surface area contributed by atoms with E-state index in [0.29, 0.717) is 6.29 Å². The molecule has 0 unspecified atom stereocenters. The highest BCUT2D eigenvalue weighted by molar-refractivity contribution is 5.94. The van der Waals surface area contributed by atoms with Gasteiger partial charge in [0.1, 0.15) is 30.3 Å². The highest BCUT2D eigenvalue weighted by Crippen LogP contribution is 2.31. The monoisotopic (exact) mass is 418 g/mol. The van der Waals surface area contributed by atoms with E-state index in [1.165, 1.54) is 12.1 Å². The van der Waals surface area contributed by atoms with Crippen LogP contribution in [0.25, 0.3) is 0 Å². The van der Waals surface area contributed by atoms with Gasteiger partial charge in [-0.2, -0.15) is 0 Å². The fraction of sp³-hybridized carbons (Fsp3) is 0.231. The number of benzene rings is 3. The van der Waals surface area contributed by atoms with Gasteiger partial charge in [-0.1, -0.05) is 60.7 Å². The van der Waals surface area contributed by atoms with Crippen LogP contribution in [-0.2, 0) is 18.0 Å². The normalized spacial score (nSPS) is 10.9. The van der Waals surface area contributed by atoms with Gasteiger partial charge in [0, 0.05) is 0 Å². The lowest BCUT2D eigenvalue weighted by molar-refractivity contribution is 0.00683. The van der Waals surface area contributed by atoms with Gasteiger partial charge < -0.3 is 14.2 Å². The van der Waals surface area contributed by atoms with Gasteiger partial charge in [-0.3, -0.25) is 4.79 Å². The summed E-state index contributed by atoms with van der Waals surface area (Å²) in [6.07, 6.45) is 0.680. The molecule has 0 atom stereocenters. The Hall–Kier alpha value is -3.60. The largest absolute Gasteiger partial charge is 0.488 e. The van der Waals surface area contributed by atoms with Crippen molar-refractivity contribution in [3.8, 4) is 11.5 Å². The molecule has 0 N–H and O–H groups in total. The van der Waals surface area contributed by atoms with Gasteiger partial charge in [0.05, 0.1) is 11.1 Å². The zero-order valence-electron chi connectivity index (χ0n) is 18.0. The van der Waals surface area contributed by atoms with E-state index in [9.17, 15) is 9.59 Å². The predicted octanol–water partition coefficient (Wildman–Crippen LogP) is 5.61. The zero-order chi connectivity index (χ0) is 22.3. The summed E-state index contributed by atoms with van der Waals surface area (Å²) in [6.45, 7) is 5.88. The minimum atomic E-state index is -0.656. The number of esters is 1. The Balaban J connectivity index is 1.92. The Bertz CT molecular complexity index is 956. The van der Waals surface area contributed by atoms with Crippen molar-refractivity contribution in [2.24, 2.45) is 0 Å². The number of aldehydes is 1. The summed E-state index contributed by atoms with van der Waals surface area (Å²) in [5.74, 6) is 0.0228. The van der Waals surface area contributed by atoms with Gasteiger partial charge in [-0.25, -0.2) is 4.79 Å². The quantitative estimate of drug-likeness (QED) is 0.351. The summed E-state index contributed by atoms with van der Waals surface area (Å²) in [6, 6.07) is 22.2. The summed E-state index contributed by atoms with van der Waals surface area (Å²) in [5, 5.41) is 0. The predicted molar refractivity (Wildman–Crippen MR) is 119 cm³/mol. The van der Waals surface area contributed by atoms with Gasteiger partial charge in [0.15, 0.2) is 6.29 Å². The molecule has 5 nitrogen and oxygen atoms in total. The van der Waals surface area contributed by atoms with E-state index in [0.717, 1.165) is 11.1 Å². The molecule has 0 heterocycles. The van der Waals surface area contributed by atoms with Gasteiger partial charge in [0.2, 0.25) is 0 Å². The van der Waals surface area contributed by atoms with Crippen LogP contribution in [0.3, 0.4) is 0 Å². The number of carbonyl (C=O) groups is 2. The van der Waals surface area contributed by atoms with E-state index in [-0.39, 0.29) is 35.8 Å². The molecular weight excluding hydrogens is 392 g/mol. The highest BCUT2D eigenvalue weighted by Gasteiger charge is 2.22. The summed E-state index contributed by atoms with van der Waals surface area (Å²) in [7, 11) is 0. The Morgan fingerprint density at radius 1 is 0.806 bits per heavy atom. The van der Waals surface area contributed by atoms with Crippen LogP contribution in [0.4, 0.5) is 0 Å². The second-order valence-corrected chi connectivity index (χ2v) is 8.05. The summed E-state index contributed by atoms with van der Waals surface area (Å²) >= 11 is 0. The molecule has 0 aliphatic heterocycles. The van der Waals surface area contributed by atoms with E-state index in [2.05, 4.69) is 0 Å². The second-order valence-electron chi connectivity index (χ2n) is 8.05. The molecule has 5 heteroatoms. The molecule has 0 radical (unpaired) electrons. The molecule has 0 spiro atoms. The lowest BCUT2D eigenvalue weighted by Crippen LogP contribution is -2.24. The molecule has 3 aromatic carbocycles. The Morgan fingerprint density at radius 2 is 1.26 bits per heavy atom. The van der Waals surface area contributed by atoms with Crippen molar-refractivity contribution in [1.82, 2.24) is 0 Å². The summed E-state index contributed by atoms with van der Waals surface area (Å²) in [5.41, 5.74) is 1.73. The summed E-state index contributed by atoms with van der Waals surface area (Å²) in [4.78, 5) is 24.6. The zero-order valence-corrected chi connectivity index (χ0v) is 18.0. The molecule has 0 fully saturated rings. The van der Waals surface area contributed by atoms with Crippen LogP contribution in [0.5, 0.6) is 11.5 Å². The Morgan fingerprint density at radius 3 is 1.65 bits per heavy atom. The van der Waals surface area contributed by atoms with Crippen molar-refractivity contribution in [2.75, 3.05) is 0 Å². The van der Waals surface area contributed by atoms with Crippen molar-refractivity contribution >= 4 is 12.3 Å². The second kappa shape index (κ2) is 9.94. The number of carbonyl (C=O) groups excluding carboxylic acids is 2. The molecule has 3 aromatic rings. The van der Waals surface area contributed by atoms with E-state index < -0.39 is 11.6 Å². The van der Waals surface area contributed by atoms with E-state index in [1.54, 1.807) is 20.8 Å². The smallest absolute Gasteiger partial charge is 0.338 e. The molecule has 3 rings (SSSR count). The van der Waals surface area contributed by atoms with Crippen molar-refractivity contribution in [1.29, 1.82) is 0 Å². The van der Waals surface area contributed by atoms with Crippen molar-refractivity contribution in [3.05, 3.63) is 95.1 Å². The van der Waals surface area contributed by atoms with Gasteiger partial charge in [-0.05, 0) is 44.0 Å². The molecular formula is C26H26O5. The van der Waals surface area contributed by atoms with Crippen LogP contribution in [0, 0.1) is 0 Å². The number of ether oxygens (including phenoxy) is 3. The summed E-state index contributed by atoms with van der Waals surface area (Å²) < 4.78 is 17.3. The maximum atomic E-state index is 12.7. The highest BCUT2D eigenvalue weighted by atomic mass is 16.6. The van der Waals surface area contributed by atoms with Gasteiger partial charge in [0.25, 0.3) is 0 Å². The molecule has 0 aliphatic carbocycles. The maximum Gasteiger partial charge on any atom is 0.338 e. The third-order valence-corrected chi connectivity index (χ3v) is 4.33. The van der Waals surface area contributed by atoms with Gasteiger partial charge >= 0.3 is 5.97 Å². The van der Waals surface area contributed by atoms with E-state index in [1.807, 2.05) is 60.7 Å². The number of hydrogen-bond donors (Lipinski definition) is 0. The topological polar surface area (TPSA) is 61.8 Å². The fourth-order valence-corrected chi connectivity index (χ4v) is 2.88. The van der Waals surface area contributed by atoms with Crippen molar-refractivity contribution in [3.63, 3.8) is 0 Å². The lowest BCUT2D eigenvalue weighted by atomic mass is 10.1. The minimum Gasteiger partial charge on any atom is -0.488 e. The van der Waals surface area contributed by atoms with Crippen LogP contribution in [0.15, 0.2) is 72.8 Å². The van der Waals surface area contributed by atoms with E-state index >= 15 is 0 Å². The molecule has 0 bridgehead atoms. The first-order chi connectivity index (χ1) is 14.9. The molecule has 31 heavy (non-hydrogen) atoms. The van der Waals surface area contributed by atoms with Crippen LogP contribution in [0.1, 0.15) is 52.6 Å². The van der Waals surface area contributed by atoms with Crippen LogP contribution < -0.4 is 9.47 Å². The average molecular weight is 418 g/mol. The van der Waals surface area contributed by atoms with Crippen LogP contribution in [0.2, 0.25) is 0 Å². The first-order valence-electron chi connectivity index (χ1n) is 10.1. The first kappa shape index (κ1) is 22.1. The van der Waals surface area contributed by atoms with Crippen LogP contribution >= 0.6 is 0 Å². The first-order valence-corrected chi connectivity index (χ1v) is 10.1.